The highest BCUT2D eigenvalue weighted by Crippen LogP contribution is 2.67. The van der Waals surface area contributed by atoms with Crippen molar-refractivity contribution in [1.82, 2.24) is 4.57 Å². The van der Waals surface area contributed by atoms with E-state index < -0.39 is 5.41 Å². The lowest BCUT2D eigenvalue weighted by Crippen LogP contribution is -2.36. The maximum absolute atomic E-state index is 2.51. The van der Waals surface area contributed by atoms with Crippen LogP contribution in [0.2, 0.25) is 0 Å². The minimum Gasteiger partial charge on any atom is -0.310 e. The van der Waals surface area contributed by atoms with Gasteiger partial charge in [-0.1, -0.05) is 153 Å². The molecule has 2 aliphatic heterocycles. The lowest BCUT2D eigenvalue weighted by molar-refractivity contribution is 0.632. The largest absolute Gasteiger partial charge is 0.310 e. The third-order valence-corrected chi connectivity index (χ3v) is 13.9. The van der Waals surface area contributed by atoms with Crippen molar-refractivity contribution < 1.29 is 0 Å². The molecule has 9 aromatic carbocycles. The van der Waals surface area contributed by atoms with E-state index in [0.717, 1.165) is 17.1 Å². The Labute approximate surface area is 356 Å². The van der Waals surface area contributed by atoms with Crippen molar-refractivity contribution in [1.29, 1.82) is 0 Å². The topological polar surface area (TPSA) is 11.4 Å². The van der Waals surface area contributed by atoms with Gasteiger partial charge in [-0.3, -0.25) is 0 Å². The van der Waals surface area contributed by atoms with Gasteiger partial charge in [0.2, 0.25) is 0 Å². The summed E-state index contributed by atoms with van der Waals surface area (Å²) in [7, 11) is 0. The molecule has 0 saturated heterocycles. The first-order valence-corrected chi connectivity index (χ1v) is 21.4. The van der Waals surface area contributed by atoms with Gasteiger partial charge in [-0.2, -0.15) is 0 Å². The number of para-hydroxylation sites is 6. The second-order valence-corrected chi connectivity index (χ2v) is 17.2. The van der Waals surface area contributed by atoms with Crippen molar-refractivity contribution >= 4 is 55.9 Å². The molecule has 3 aliphatic rings. The van der Waals surface area contributed by atoms with Gasteiger partial charge in [-0.15, -0.1) is 0 Å². The maximum atomic E-state index is 2.51. The Morgan fingerprint density at radius 2 is 0.787 bits per heavy atom. The first-order valence-electron chi connectivity index (χ1n) is 21.4. The fourth-order valence-electron chi connectivity index (χ4n) is 11.5. The number of benzene rings is 9. The van der Waals surface area contributed by atoms with E-state index >= 15 is 0 Å². The quantitative estimate of drug-likeness (QED) is 0.177. The third-order valence-electron chi connectivity index (χ3n) is 13.9. The third kappa shape index (κ3) is 4.42. The van der Waals surface area contributed by atoms with E-state index in [1.54, 1.807) is 0 Å². The van der Waals surface area contributed by atoms with E-state index in [1.165, 1.54) is 89.1 Å². The predicted molar refractivity (Wildman–Crippen MR) is 253 cm³/mol. The molecule has 3 heteroatoms. The summed E-state index contributed by atoms with van der Waals surface area (Å²) >= 11 is 0. The summed E-state index contributed by atoms with van der Waals surface area (Å²) in [6.07, 6.45) is 0. The fourth-order valence-corrected chi connectivity index (χ4v) is 11.5. The van der Waals surface area contributed by atoms with E-state index in [2.05, 4.69) is 241 Å². The Balaban J connectivity index is 1.06. The number of hydrogen-bond acceptors (Lipinski definition) is 2. The number of anilines is 6. The molecule has 0 amide bonds. The first kappa shape index (κ1) is 34.3. The number of nitrogens with zero attached hydrogens (tertiary/aromatic N) is 3. The standard InChI is InChI=1S/C58H41N3/c1-57(2)45-24-10-15-29-51(45)61(40-34-32-39(33-35-40)59-49-27-13-7-20-41(49)42-21-8-14-28-50(42)59)54-37-36-48-55(56(54)57)43-22-6-9-23-44(43)58(48)46-25-11-16-30-52(46)60(38-18-4-3-5-19-38)53-31-17-12-26-47(53)58/h3-37H,1-2H3. The van der Waals surface area contributed by atoms with Crippen LogP contribution >= 0.6 is 0 Å². The van der Waals surface area contributed by atoms with Crippen molar-refractivity contribution in [3.63, 3.8) is 0 Å². The van der Waals surface area contributed by atoms with Gasteiger partial charge in [0.1, 0.15) is 0 Å². The molecule has 13 rings (SSSR count). The monoisotopic (exact) mass is 779 g/mol. The highest BCUT2D eigenvalue weighted by atomic mass is 15.2. The van der Waals surface area contributed by atoms with E-state index in [-0.39, 0.29) is 5.41 Å². The number of fused-ring (bicyclic) bond motifs is 15. The molecule has 0 atom stereocenters. The minimum atomic E-state index is -0.527. The van der Waals surface area contributed by atoms with Gasteiger partial charge in [0.25, 0.3) is 0 Å². The van der Waals surface area contributed by atoms with Crippen LogP contribution in [0.1, 0.15) is 47.2 Å². The molecule has 61 heavy (non-hydrogen) atoms. The van der Waals surface area contributed by atoms with Crippen LogP contribution in [-0.2, 0) is 10.8 Å². The van der Waals surface area contributed by atoms with Gasteiger partial charge in [0.05, 0.1) is 39.2 Å². The molecule has 0 fully saturated rings. The molecule has 0 bridgehead atoms. The summed E-state index contributed by atoms with van der Waals surface area (Å²) < 4.78 is 2.40. The van der Waals surface area contributed by atoms with Crippen molar-refractivity contribution in [2.45, 2.75) is 24.7 Å². The van der Waals surface area contributed by atoms with E-state index in [9.17, 15) is 0 Å². The molecule has 0 N–H and O–H groups in total. The summed E-state index contributed by atoms with van der Waals surface area (Å²) in [4.78, 5) is 4.97. The van der Waals surface area contributed by atoms with Crippen LogP contribution < -0.4 is 9.80 Å². The lowest BCUT2D eigenvalue weighted by Gasteiger charge is -2.46. The van der Waals surface area contributed by atoms with Crippen LogP contribution in [0, 0.1) is 0 Å². The van der Waals surface area contributed by atoms with Crippen molar-refractivity contribution in [3.8, 4) is 16.8 Å². The maximum Gasteiger partial charge on any atom is 0.0754 e. The van der Waals surface area contributed by atoms with Crippen LogP contribution in [0.4, 0.5) is 34.1 Å². The number of hydrogen-bond donors (Lipinski definition) is 0. The summed E-state index contributed by atoms with van der Waals surface area (Å²) in [6.45, 7) is 4.86. The Morgan fingerprint density at radius 3 is 1.43 bits per heavy atom. The molecule has 0 radical (unpaired) electrons. The molecule has 0 unspecified atom stereocenters. The summed E-state index contributed by atoms with van der Waals surface area (Å²) in [5.41, 5.74) is 20.5. The van der Waals surface area contributed by atoms with Crippen LogP contribution in [0.5, 0.6) is 0 Å². The molecule has 1 spiro atoms. The molecule has 288 valence electrons. The van der Waals surface area contributed by atoms with Gasteiger partial charge < -0.3 is 14.4 Å². The zero-order chi connectivity index (χ0) is 40.5. The van der Waals surface area contributed by atoms with Crippen LogP contribution in [-0.4, -0.2) is 4.57 Å². The smallest absolute Gasteiger partial charge is 0.0754 e. The van der Waals surface area contributed by atoms with E-state index in [4.69, 9.17) is 0 Å². The first-order chi connectivity index (χ1) is 30.1. The Morgan fingerprint density at radius 1 is 0.328 bits per heavy atom. The van der Waals surface area contributed by atoms with E-state index in [0.29, 0.717) is 0 Å². The molecule has 3 nitrogen and oxygen atoms in total. The Kier molecular flexibility index (Phi) is 6.99. The van der Waals surface area contributed by atoms with Crippen LogP contribution in [0.25, 0.3) is 38.6 Å². The molecular weight excluding hydrogens is 739 g/mol. The van der Waals surface area contributed by atoms with Crippen molar-refractivity contribution in [3.05, 3.63) is 246 Å². The summed E-state index contributed by atoms with van der Waals surface area (Å²) in [5, 5.41) is 2.54. The second-order valence-electron chi connectivity index (χ2n) is 17.2. The Hall–Kier alpha value is -7.62. The Bertz CT molecular complexity index is 3310. The molecule has 3 heterocycles. The normalized spacial score (nSPS) is 14.9. The molecule has 1 aromatic heterocycles. The average molecular weight is 780 g/mol. The van der Waals surface area contributed by atoms with E-state index in [1.807, 2.05) is 0 Å². The molecule has 1 aliphatic carbocycles. The highest BCUT2D eigenvalue weighted by Gasteiger charge is 2.54. The van der Waals surface area contributed by atoms with Gasteiger partial charge in [0, 0.05) is 33.2 Å². The lowest BCUT2D eigenvalue weighted by atomic mass is 9.63. The second kappa shape index (κ2) is 12.5. The minimum absolute atomic E-state index is 0.306. The zero-order valence-corrected chi connectivity index (χ0v) is 34.0. The molecule has 0 saturated carbocycles. The van der Waals surface area contributed by atoms with Crippen LogP contribution in [0.15, 0.2) is 212 Å². The van der Waals surface area contributed by atoms with Gasteiger partial charge in [-0.25, -0.2) is 0 Å². The fraction of sp³-hybridized carbons (Fsp3) is 0.0690. The summed E-state index contributed by atoms with van der Waals surface area (Å²) in [5.74, 6) is 0. The highest BCUT2D eigenvalue weighted by molar-refractivity contribution is 6.09. The SMILES string of the molecule is CC1(C)c2ccccc2N(c2ccc(-n3c4ccccc4c4ccccc43)cc2)c2ccc3c(c21)-c1ccccc1C31c2ccccc2N(c2ccccc2)c2ccccc21. The van der Waals surface area contributed by atoms with Crippen molar-refractivity contribution in [2.75, 3.05) is 9.80 Å². The number of aromatic nitrogens is 1. The average Bonchev–Trinajstić information content (AvgIpc) is 3.81. The number of rotatable bonds is 3. The summed E-state index contributed by atoms with van der Waals surface area (Å²) in [6, 6.07) is 78.9. The van der Waals surface area contributed by atoms with Gasteiger partial charge in [0.15, 0.2) is 0 Å². The van der Waals surface area contributed by atoms with Crippen LogP contribution in [0.3, 0.4) is 0 Å². The van der Waals surface area contributed by atoms with Gasteiger partial charge >= 0.3 is 0 Å². The van der Waals surface area contributed by atoms with Crippen molar-refractivity contribution in [2.24, 2.45) is 0 Å². The molecule has 10 aromatic rings. The van der Waals surface area contributed by atoms with Gasteiger partial charge in [-0.05, 0) is 117 Å². The molecular formula is C58H41N3. The predicted octanol–water partition coefficient (Wildman–Crippen LogP) is 15.0. The zero-order valence-electron chi connectivity index (χ0n) is 34.0.